The van der Waals surface area contributed by atoms with Crippen molar-refractivity contribution in [1.82, 2.24) is 0 Å². The molecule has 2 heteroatoms. The van der Waals surface area contributed by atoms with Crippen molar-refractivity contribution in [2.75, 3.05) is 0 Å². The van der Waals surface area contributed by atoms with Crippen molar-refractivity contribution in [2.24, 2.45) is 0 Å². The Morgan fingerprint density at radius 3 is 0.955 bits per heavy atom. The monoisotopic (exact) mass is 336 g/mol. The molecule has 0 aliphatic carbocycles. The minimum atomic E-state index is 0. The normalized spacial score (nSPS) is 10.5. The Labute approximate surface area is 159 Å². The maximum Gasteiger partial charge on any atom is 2.00 e. The van der Waals surface area contributed by atoms with Crippen LogP contribution in [-0.4, -0.2) is 18.9 Å². The van der Waals surface area contributed by atoms with E-state index in [4.69, 9.17) is 0 Å². The molecule has 0 atom stereocenters. The summed E-state index contributed by atoms with van der Waals surface area (Å²) in [4.78, 5) is 0. The SMILES string of the molecule is [CH2-]C(C)(C)c1ccccc1.[CH2-]C(C)(C)c1ccccc1.[Cu+2].[Li]. The second kappa shape index (κ2) is 10.4. The third kappa shape index (κ3) is 8.87. The van der Waals surface area contributed by atoms with Gasteiger partial charge in [0.25, 0.3) is 0 Å². The van der Waals surface area contributed by atoms with Crippen LogP contribution in [0.2, 0.25) is 0 Å². The molecule has 0 N–H and O–H groups in total. The van der Waals surface area contributed by atoms with Gasteiger partial charge in [-0.25, -0.2) is 0 Å². The van der Waals surface area contributed by atoms with E-state index in [1.54, 1.807) is 0 Å². The van der Waals surface area contributed by atoms with Crippen LogP contribution >= 0.6 is 0 Å². The summed E-state index contributed by atoms with van der Waals surface area (Å²) < 4.78 is 0. The van der Waals surface area contributed by atoms with Gasteiger partial charge in [-0.05, 0) is 0 Å². The van der Waals surface area contributed by atoms with Crippen LogP contribution < -0.4 is 0 Å². The van der Waals surface area contributed by atoms with Crippen molar-refractivity contribution in [2.45, 2.75) is 38.5 Å². The Bertz CT molecular complexity index is 443. The fourth-order valence-corrected chi connectivity index (χ4v) is 1.78. The first-order chi connectivity index (χ1) is 9.21. The average Bonchev–Trinajstić information content (AvgIpc) is 2.40. The van der Waals surface area contributed by atoms with Gasteiger partial charge < -0.3 is 13.8 Å². The van der Waals surface area contributed by atoms with E-state index < -0.39 is 0 Å². The molecule has 0 saturated carbocycles. The molecule has 0 aliphatic heterocycles. The van der Waals surface area contributed by atoms with E-state index in [2.05, 4.69) is 65.8 Å². The zero-order valence-electron chi connectivity index (χ0n) is 14.5. The van der Waals surface area contributed by atoms with Gasteiger partial charge in [0.2, 0.25) is 0 Å². The maximum atomic E-state index is 4.04. The molecule has 0 spiro atoms. The Morgan fingerprint density at radius 2 is 0.818 bits per heavy atom. The minimum Gasteiger partial charge on any atom is -0.333 e. The van der Waals surface area contributed by atoms with Crippen molar-refractivity contribution in [3.8, 4) is 0 Å². The molecule has 118 valence electrons. The van der Waals surface area contributed by atoms with Gasteiger partial charge in [-0.2, -0.15) is 0 Å². The van der Waals surface area contributed by atoms with Crippen molar-refractivity contribution in [1.29, 1.82) is 0 Å². The third-order valence-corrected chi connectivity index (χ3v) is 3.11. The van der Waals surface area contributed by atoms with E-state index in [9.17, 15) is 0 Å². The van der Waals surface area contributed by atoms with Gasteiger partial charge >= 0.3 is 17.1 Å². The smallest absolute Gasteiger partial charge is 0.333 e. The molecular weight excluding hydrogens is 311 g/mol. The molecule has 0 fully saturated rings. The second-order valence-electron chi connectivity index (χ2n) is 6.50. The molecule has 0 bridgehead atoms. The first-order valence-electron chi connectivity index (χ1n) is 7.03. The Hall–Kier alpha value is -0.443. The topological polar surface area (TPSA) is 0 Å². The van der Waals surface area contributed by atoms with Crippen molar-refractivity contribution in [3.05, 3.63) is 85.6 Å². The third-order valence-electron chi connectivity index (χ3n) is 3.11. The predicted octanol–water partition coefficient (Wildman–Crippen LogP) is 5.21. The van der Waals surface area contributed by atoms with Crippen LogP contribution in [0.4, 0.5) is 0 Å². The first-order valence-corrected chi connectivity index (χ1v) is 7.03. The molecule has 2 radical (unpaired) electrons. The summed E-state index contributed by atoms with van der Waals surface area (Å²) in [6, 6.07) is 20.6. The summed E-state index contributed by atoms with van der Waals surface area (Å²) in [6.07, 6.45) is 0. The van der Waals surface area contributed by atoms with Crippen LogP contribution in [0, 0.1) is 13.8 Å². The van der Waals surface area contributed by atoms with Gasteiger partial charge in [-0.15, -0.1) is 10.8 Å². The summed E-state index contributed by atoms with van der Waals surface area (Å²) in [7, 11) is 0. The molecule has 0 saturated heterocycles. The van der Waals surface area contributed by atoms with Crippen LogP contribution in [0.5, 0.6) is 0 Å². The van der Waals surface area contributed by atoms with Gasteiger partial charge in [0, 0.05) is 18.9 Å². The van der Waals surface area contributed by atoms with Crippen LogP contribution in [0.1, 0.15) is 38.8 Å². The van der Waals surface area contributed by atoms with E-state index >= 15 is 0 Å². The van der Waals surface area contributed by atoms with Crippen LogP contribution in [-0.2, 0) is 27.9 Å². The number of hydrogen-bond acceptors (Lipinski definition) is 0. The predicted molar refractivity (Wildman–Crippen MR) is 95.4 cm³/mol. The second-order valence-corrected chi connectivity index (χ2v) is 6.50. The van der Waals surface area contributed by atoms with E-state index in [0.717, 1.165) is 0 Å². The van der Waals surface area contributed by atoms with Gasteiger partial charge in [-0.1, -0.05) is 99.5 Å². The molecule has 0 aliphatic rings. The van der Waals surface area contributed by atoms with Crippen molar-refractivity contribution >= 4 is 18.9 Å². The van der Waals surface area contributed by atoms with Gasteiger partial charge in [-0.3, -0.25) is 0 Å². The quantitative estimate of drug-likeness (QED) is 0.521. The fraction of sp³-hybridized carbons (Fsp3) is 0.300. The minimum absolute atomic E-state index is 0. The standard InChI is InChI=1S/2C10H13.Cu.Li/c2*1-10(2,3)9-7-5-4-6-8-9;;/h2*4-8H,1H2,2-3H3;;/q2*-1;+2;. The summed E-state index contributed by atoms with van der Waals surface area (Å²) in [5, 5.41) is 0. The number of rotatable bonds is 2. The molecular formula is C20H26CuLi. The molecule has 2 aromatic carbocycles. The van der Waals surface area contributed by atoms with Crippen molar-refractivity contribution in [3.63, 3.8) is 0 Å². The van der Waals surface area contributed by atoms with Crippen molar-refractivity contribution < 1.29 is 17.1 Å². The average molecular weight is 337 g/mol. The fourth-order valence-electron chi connectivity index (χ4n) is 1.78. The molecule has 2 rings (SSSR count). The molecule has 0 aromatic heterocycles. The van der Waals surface area contributed by atoms with Gasteiger partial charge in [0.1, 0.15) is 0 Å². The Morgan fingerprint density at radius 1 is 0.591 bits per heavy atom. The van der Waals surface area contributed by atoms with Crippen LogP contribution in [0.15, 0.2) is 60.7 Å². The van der Waals surface area contributed by atoms with E-state index in [1.165, 1.54) is 11.1 Å². The Kier molecular flexibility index (Phi) is 11.2. The van der Waals surface area contributed by atoms with Crippen LogP contribution in [0.3, 0.4) is 0 Å². The molecule has 0 heterocycles. The Balaban J connectivity index is 0. The van der Waals surface area contributed by atoms with Crippen LogP contribution in [0.25, 0.3) is 0 Å². The summed E-state index contributed by atoms with van der Waals surface area (Å²) in [5.74, 6) is 0. The largest absolute Gasteiger partial charge is 2.00 e. The van der Waals surface area contributed by atoms with E-state index in [0.29, 0.717) is 0 Å². The molecule has 0 amide bonds. The van der Waals surface area contributed by atoms with E-state index in [-0.39, 0.29) is 46.8 Å². The first kappa shape index (κ1) is 23.8. The summed E-state index contributed by atoms with van der Waals surface area (Å²) in [5.41, 5.74) is 2.66. The molecule has 0 unspecified atom stereocenters. The molecule has 0 nitrogen and oxygen atoms in total. The summed E-state index contributed by atoms with van der Waals surface area (Å²) in [6.45, 7) is 16.5. The molecule has 22 heavy (non-hydrogen) atoms. The zero-order valence-corrected chi connectivity index (χ0v) is 15.4. The summed E-state index contributed by atoms with van der Waals surface area (Å²) >= 11 is 0. The van der Waals surface area contributed by atoms with Gasteiger partial charge in [0.15, 0.2) is 0 Å². The van der Waals surface area contributed by atoms with E-state index in [1.807, 2.05) is 36.4 Å². The van der Waals surface area contributed by atoms with Gasteiger partial charge in [0.05, 0.1) is 0 Å². The zero-order chi connectivity index (χ0) is 15.2. The maximum absolute atomic E-state index is 4.04. The number of benzene rings is 2. The molecule has 2 aromatic rings. The number of hydrogen-bond donors (Lipinski definition) is 0.